The van der Waals surface area contributed by atoms with Gasteiger partial charge < -0.3 is 19.4 Å². The van der Waals surface area contributed by atoms with Gasteiger partial charge in [-0.25, -0.2) is 5.43 Å². The van der Waals surface area contributed by atoms with E-state index in [4.69, 9.17) is 32.7 Å². The van der Waals surface area contributed by atoms with Crippen molar-refractivity contribution in [3.63, 3.8) is 0 Å². The van der Waals surface area contributed by atoms with Crippen LogP contribution in [0.25, 0.3) is 5.69 Å². The predicted octanol–water partition coefficient (Wildman–Crippen LogP) is 4.62. The normalized spacial score (nSPS) is 10.9. The van der Waals surface area contributed by atoms with Gasteiger partial charge in [-0.2, -0.15) is 5.10 Å². The third kappa shape index (κ3) is 6.59. The molecule has 2 amide bonds. The molecule has 8 nitrogen and oxygen atoms in total. The molecule has 36 heavy (non-hydrogen) atoms. The van der Waals surface area contributed by atoms with Crippen molar-refractivity contribution in [1.29, 1.82) is 0 Å². The van der Waals surface area contributed by atoms with E-state index >= 15 is 0 Å². The first kappa shape index (κ1) is 27.1. The number of halogens is 2. The van der Waals surface area contributed by atoms with Crippen LogP contribution in [0.15, 0.2) is 47.6 Å². The van der Waals surface area contributed by atoms with Gasteiger partial charge >= 0.3 is 0 Å². The second-order valence-corrected chi connectivity index (χ2v) is 8.78. The van der Waals surface area contributed by atoms with Crippen LogP contribution in [0.2, 0.25) is 10.0 Å². The van der Waals surface area contributed by atoms with Crippen molar-refractivity contribution in [2.75, 3.05) is 20.8 Å². The van der Waals surface area contributed by atoms with Crippen LogP contribution < -0.4 is 20.2 Å². The summed E-state index contributed by atoms with van der Waals surface area (Å²) in [5.74, 6) is 0.353. The Bertz CT molecular complexity index is 1290. The number of methoxy groups -OCH3 is 2. The Morgan fingerprint density at radius 2 is 1.78 bits per heavy atom. The van der Waals surface area contributed by atoms with Crippen LogP contribution >= 0.6 is 23.2 Å². The summed E-state index contributed by atoms with van der Waals surface area (Å²) >= 11 is 12.5. The molecule has 1 heterocycles. The maximum absolute atomic E-state index is 12.1. The summed E-state index contributed by atoms with van der Waals surface area (Å²) in [5.41, 5.74) is 6.73. The van der Waals surface area contributed by atoms with Crippen LogP contribution in [0, 0.1) is 13.8 Å². The van der Waals surface area contributed by atoms with Crippen molar-refractivity contribution < 1.29 is 19.1 Å². The Morgan fingerprint density at radius 3 is 2.50 bits per heavy atom. The van der Waals surface area contributed by atoms with E-state index in [1.54, 1.807) is 20.3 Å². The van der Waals surface area contributed by atoms with Crippen molar-refractivity contribution in [2.45, 2.75) is 26.7 Å². The first-order valence-electron chi connectivity index (χ1n) is 11.2. The van der Waals surface area contributed by atoms with E-state index in [2.05, 4.69) is 15.8 Å². The molecule has 1 aromatic heterocycles. The number of ether oxygens (including phenoxy) is 2. The second kappa shape index (κ2) is 12.5. The number of aromatic nitrogens is 1. The third-order valence-electron chi connectivity index (χ3n) is 5.54. The number of hydrogen-bond donors (Lipinski definition) is 2. The lowest BCUT2D eigenvalue weighted by atomic mass is 10.1. The molecule has 0 atom stereocenters. The van der Waals surface area contributed by atoms with E-state index in [9.17, 15) is 9.59 Å². The number of rotatable bonds is 10. The average Bonchev–Trinajstić information content (AvgIpc) is 3.13. The summed E-state index contributed by atoms with van der Waals surface area (Å²) in [6, 6.07) is 12.9. The van der Waals surface area contributed by atoms with E-state index < -0.39 is 11.8 Å². The first-order chi connectivity index (χ1) is 17.2. The number of nitrogens with one attached hydrogen (secondary N) is 2. The van der Waals surface area contributed by atoms with E-state index in [0.717, 1.165) is 28.2 Å². The van der Waals surface area contributed by atoms with Crippen molar-refractivity contribution >= 4 is 41.2 Å². The van der Waals surface area contributed by atoms with Crippen LogP contribution in [-0.4, -0.2) is 43.4 Å². The van der Waals surface area contributed by atoms with Gasteiger partial charge in [0.1, 0.15) is 6.42 Å². The van der Waals surface area contributed by atoms with Crippen molar-refractivity contribution in [3.8, 4) is 17.2 Å². The lowest BCUT2D eigenvalue weighted by Crippen LogP contribution is -2.31. The number of carbonyl (C=O) groups is 2. The van der Waals surface area contributed by atoms with Gasteiger partial charge in [0.25, 0.3) is 0 Å². The zero-order chi connectivity index (χ0) is 26.2. The maximum atomic E-state index is 12.1. The third-order valence-corrected chi connectivity index (χ3v) is 6.35. The molecule has 0 saturated carbocycles. The van der Waals surface area contributed by atoms with E-state index in [0.29, 0.717) is 34.5 Å². The topological polar surface area (TPSA) is 94.0 Å². The standard InChI is InChI=1S/C26H28Cl2N4O4/c1-16-12-19(17(2)32(16)21-7-5-6-20(27)26(21)28)15-30-31-25(34)14-24(33)29-11-10-18-8-9-22(35-3)23(13-18)36-4/h5-9,12-13,15H,10-11,14H2,1-4H3,(H,29,33)(H,31,34)/b30-15+. The van der Waals surface area contributed by atoms with Gasteiger partial charge in [0.2, 0.25) is 11.8 Å². The summed E-state index contributed by atoms with van der Waals surface area (Å²) in [6.07, 6.45) is 1.78. The molecule has 0 bridgehead atoms. The van der Waals surface area contributed by atoms with E-state index in [1.165, 1.54) is 6.21 Å². The molecule has 2 N–H and O–H groups in total. The molecule has 190 valence electrons. The van der Waals surface area contributed by atoms with Gasteiger partial charge in [-0.1, -0.05) is 35.3 Å². The van der Waals surface area contributed by atoms with Crippen LogP contribution in [0.1, 0.15) is 28.9 Å². The Kier molecular flexibility index (Phi) is 9.38. The van der Waals surface area contributed by atoms with Crippen molar-refractivity contribution in [2.24, 2.45) is 5.10 Å². The van der Waals surface area contributed by atoms with Crippen LogP contribution in [0.3, 0.4) is 0 Å². The molecule has 0 radical (unpaired) electrons. The van der Waals surface area contributed by atoms with Gasteiger partial charge in [-0.3, -0.25) is 9.59 Å². The Balaban J connectivity index is 1.51. The van der Waals surface area contributed by atoms with Gasteiger partial charge in [-0.05, 0) is 56.2 Å². The SMILES string of the molecule is COc1ccc(CCNC(=O)CC(=O)N/N=C/c2cc(C)n(-c3cccc(Cl)c3Cl)c2C)cc1OC. The lowest BCUT2D eigenvalue weighted by Gasteiger charge is -2.12. The first-order valence-corrected chi connectivity index (χ1v) is 11.9. The summed E-state index contributed by atoms with van der Waals surface area (Å²) in [5, 5.41) is 7.66. The predicted molar refractivity (Wildman–Crippen MR) is 142 cm³/mol. The Morgan fingerprint density at radius 1 is 1.03 bits per heavy atom. The molecule has 3 aromatic rings. The molecule has 10 heteroatoms. The lowest BCUT2D eigenvalue weighted by molar-refractivity contribution is -0.129. The van der Waals surface area contributed by atoms with Gasteiger partial charge in [0.15, 0.2) is 11.5 Å². The highest BCUT2D eigenvalue weighted by molar-refractivity contribution is 6.43. The molecule has 0 unspecified atom stereocenters. The van der Waals surface area contributed by atoms with E-state index in [1.807, 2.05) is 54.8 Å². The summed E-state index contributed by atoms with van der Waals surface area (Å²) in [4.78, 5) is 24.3. The highest BCUT2D eigenvalue weighted by atomic mass is 35.5. The zero-order valence-electron chi connectivity index (χ0n) is 20.5. The van der Waals surface area contributed by atoms with Crippen LogP contribution in [-0.2, 0) is 16.0 Å². The molecule has 2 aromatic carbocycles. The van der Waals surface area contributed by atoms with Crippen molar-refractivity contribution in [1.82, 2.24) is 15.3 Å². The van der Waals surface area contributed by atoms with Gasteiger partial charge in [0, 0.05) is 23.5 Å². The average molecular weight is 531 g/mol. The van der Waals surface area contributed by atoms with Gasteiger partial charge in [0.05, 0.1) is 36.2 Å². The minimum Gasteiger partial charge on any atom is -0.493 e. The summed E-state index contributed by atoms with van der Waals surface area (Å²) < 4.78 is 12.5. The number of benzene rings is 2. The molecule has 0 fully saturated rings. The highest BCUT2D eigenvalue weighted by Crippen LogP contribution is 2.31. The molecule has 0 aliphatic heterocycles. The fourth-order valence-electron chi connectivity index (χ4n) is 3.76. The van der Waals surface area contributed by atoms with Crippen LogP contribution in [0.4, 0.5) is 0 Å². The fraction of sp³-hybridized carbons (Fsp3) is 0.269. The van der Waals surface area contributed by atoms with E-state index in [-0.39, 0.29) is 6.42 Å². The number of aryl methyl sites for hydroxylation is 1. The maximum Gasteiger partial charge on any atom is 0.249 e. The molecule has 0 aliphatic rings. The number of hydrogen-bond acceptors (Lipinski definition) is 5. The molecule has 3 rings (SSSR count). The van der Waals surface area contributed by atoms with Crippen LogP contribution in [0.5, 0.6) is 11.5 Å². The minimum atomic E-state index is -0.512. The fourth-order valence-corrected chi connectivity index (χ4v) is 4.14. The molecular formula is C26H28Cl2N4O4. The Hall–Kier alpha value is -3.49. The van der Waals surface area contributed by atoms with Crippen molar-refractivity contribution in [3.05, 3.63) is 75.0 Å². The highest BCUT2D eigenvalue weighted by Gasteiger charge is 2.14. The number of carbonyl (C=O) groups excluding carboxylic acids is 2. The number of nitrogens with zero attached hydrogens (tertiary/aromatic N) is 2. The monoisotopic (exact) mass is 530 g/mol. The summed E-state index contributed by atoms with van der Waals surface area (Å²) in [6.45, 7) is 4.23. The number of hydrazone groups is 1. The second-order valence-electron chi connectivity index (χ2n) is 7.99. The Labute approximate surface area is 220 Å². The molecule has 0 aliphatic carbocycles. The quantitative estimate of drug-likeness (QED) is 0.227. The largest absolute Gasteiger partial charge is 0.493 e. The summed E-state index contributed by atoms with van der Waals surface area (Å²) in [7, 11) is 3.14. The zero-order valence-corrected chi connectivity index (χ0v) is 22.0. The number of amides is 2. The smallest absolute Gasteiger partial charge is 0.249 e. The molecule has 0 spiro atoms. The molecule has 0 saturated heterocycles. The molecular weight excluding hydrogens is 503 g/mol. The van der Waals surface area contributed by atoms with Gasteiger partial charge in [-0.15, -0.1) is 0 Å². The minimum absolute atomic E-state index is 0.333.